The minimum absolute atomic E-state index is 0.299. The van der Waals surface area contributed by atoms with Crippen molar-refractivity contribution in [3.05, 3.63) is 28.8 Å². The molecule has 0 spiro atoms. The Bertz CT molecular complexity index is 354. The van der Waals surface area contributed by atoms with Crippen molar-refractivity contribution in [2.24, 2.45) is 0 Å². The van der Waals surface area contributed by atoms with E-state index in [2.05, 4.69) is 32.9 Å². The van der Waals surface area contributed by atoms with Crippen molar-refractivity contribution in [1.29, 1.82) is 0 Å². The van der Waals surface area contributed by atoms with E-state index in [-0.39, 0.29) is 6.10 Å². The normalized spacial score (nSPS) is 12.9. The molecule has 0 bridgehead atoms. The summed E-state index contributed by atoms with van der Waals surface area (Å²) in [6.45, 7) is 8.18. The minimum atomic E-state index is -0.299. The van der Waals surface area contributed by atoms with Crippen LogP contribution in [0.1, 0.15) is 43.4 Å². The summed E-state index contributed by atoms with van der Waals surface area (Å²) in [6, 6.07) is 4.22. The van der Waals surface area contributed by atoms with Crippen molar-refractivity contribution in [2.45, 2.75) is 46.1 Å². The van der Waals surface area contributed by atoms with Crippen LogP contribution in [0.25, 0.3) is 0 Å². The van der Waals surface area contributed by atoms with Crippen LogP contribution in [0.2, 0.25) is 0 Å². The van der Waals surface area contributed by atoms with E-state index in [1.165, 1.54) is 16.7 Å². The number of rotatable bonds is 4. The molecule has 1 rings (SSSR count). The molecule has 1 aromatic carbocycles. The second-order valence-electron chi connectivity index (χ2n) is 4.73. The molecule has 0 saturated carbocycles. The SMILES string of the molecule is COc1cc(C)c(CC(C)O)cc1C(C)C. The van der Waals surface area contributed by atoms with Gasteiger partial charge in [0.1, 0.15) is 5.75 Å². The first-order chi connectivity index (χ1) is 7.45. The van der Waals surface area contributed by atoms with Gasteiger partial charge in [-0.1, -0.05) is 19.9 Å². The van der Waals surface area contributed by atoms with Gasteiger partial charge in [-0.25, -0.2) is 0 Å². The zero-order chi connectivity index (χ0) is 12.3. The van der Waals surface area contributed by atoms with Gasteiger partial charge in [-0.15, -0.1) is 0 Å². The van der Waals surface area contributed by atoms with E-state index in [1.807, 2.05) is 6.92 Å². The summed E-state index contributed by atoms with van der Waals surface area (Å²) in [6.07, 6.45) is 0.405. The highest BCUT2D eigenvalue weighted by Crippen LogP contribution is 2.30. The zero-order valence-electron chi connectivity index (χ0n) is 10.9. The number of hydrogen-bond acceptors (Lipinski definition) is 2. The summed E-state index contributed by atoms with van der Waals surface area (Å²) in [5, 5.41) is 9.45. The molecule has 0 saturated heterocycles. The standard InChI is InChI=1S/C14H22O2/c1-9(2)13-8-12(7-11(4)15)10(3)6-14(13)16-5/h6,8-9,11,15H,7H2,1-5H3. The Morgan fingerprint density at radius 1 is 1.25 bits per heavy atom. The zero-order valence-corrected chi connectivity index (χ0v) is 10.9. The second-order valence-corrected chi connectivity index (χ2v) is 4.73. The molecule has 2 nitrogen and oxygen atoms in total. The molecule has 0 aromatic heterocycles. The van der Waals surface area contributed by atoms with E-state index in [4.69, 9.17) is 4.74 Å². The van der Waals surface area contributed by atoms with Gasteiger partial charge in [0.05, 0.1) is 13.2 Å². The lowest BCUT2D eigenvalue weighted by molar-refractivity contribution is 0.195. The Kier molecular flexibility index (Phi) is 4.36. The Hall–Kier alpha value is -1.02. The van der Waals surface area contributed by atoms with Gasteiger partial charge in [0, 0.05) is 0 Å². The molecule has 1 atom stereocenters. The molecule has 0 fully saturated rings. The van der Waals surface area contributed by atoms with E-state index >= 15 is 0 Å². The highest BCUT2D eigenvalue weighted by atomic mass is 16.5. The molecule has 16 heavy (non-hydrogen) atoms. The molecule has 1 unspecified atom stereocenters. The van der Waals surface area contributed by atoms with Crippen molar-refractivity contribution in [1.82, 2.24) is 0 Å². The van der Waals surface area contributed by atoms with Gasteiger partial charge in [0.15, 0.2) is 0 Å². The first-order valence-corrected chi connectivity index (χ1v) is 5.81. The van der Waals surface area contributed by atoms with Gasteiger partial charge in [0.2, 0.25) is 0 Å². The Labute approximate surface area is 98.3 Å². The molecule has 0 aliphatic rings. The Morgan fingerprint density at radius 2 is 1.88 bits per heavy atom. The topological polar surface area (TPSA) is 29.5 Å². The van der Waals surface area contributed by atoms with E-state index in [0.717, 1.165) is 5.75 Å². The highest BCUT2D eigenvalue weighted by Gasteiger charge is 2.12. The molecule has 0 heterocycles. The van der Waals surface area contributed by atoms with Crippen LogP contribution in [-0.4, -0.2) is 18.3 Å². The van der Waals surface area contributed by atoms with Gasteiger partial charge in [-0.3, -0.25) is 0 Å². The molecule has 0 aliphatic carbocycles. The van der Waals surface area contributed by atoms with Gasteiger partial charge in [-0.2, -0.15) is 0 Å². The lowest BCUT2D eigenvalue weighted by Gasteiger charge is -2.16. The van der Waals surface area contributed by atoms with Crippen molar-refractivity contribution < 1.29 is 9.84 Å². The quantitative estimate of drug-likeness (QED) is 0.848. The summed E-state index contributed by atoms with van der Waals surface area (Å²) >= 11 is 0. The lowest BCUT2D eigenvalue weighted by atomic mass is 9.94. The largest absolute Gasteiger partial charge is 0.496 e. The second kappa shape index (κ2) is 5.35. The van der Waals surface area contributed by atoms with Gasteiger partial charge in [-0.05, 0) is 48.9 Å². The fourth-order valence-corrected chi connectivity index (χ4v) is 1.91. The smallest absolute Gasteiger partial charge is 0.122 e. The average molecular weight is 222 g/mol. The van der Waals surface area contributed by atoms with Gasteiger partial charge < -0.3 is 9.84 Å². The summed E-state index contributed by atoms with van der Waals surface area (Å²) in [7, 11) is 1.70. The molecule has 0 radical (unpaired) electrons. The van der Waals surface area contributed by atoms with Crippen LogP contribution >= 0.6 is 0 Å². The van der Waals surface area contributed by atoms with Crippen molar-refractivity contribution in [3.63, 3.8) is 0 Å². The van der Waals surface area contributed by atoms with Crippen LogP contribution in [0.4, 0.5) is 0 Å². The highest BCUT2D eigenvalue weighted by molar-refractivity contribution is 5.44. The lowest BCUT2D eigenvalue weighted by Crippen LogP contribution is -2.07. The third-order valence-electron chi connectivity index (χ3n) is 2.83. The summed E-state index contributed by atoms with van der Waals surface area (Å²) in [4.78, 5) is 0. The van der Waals surface area contributed by atoms with E-state index in [1.54, 1.807) is 7.11 Å². The minimum Gasteiger partial charge on any atom is -0.496 e. The van der Waals surface area contributed by atoms with Gasteiger partial charge >= 0.3 is 0 Å². The maximum atomic E-state index is 9.45. The molecule has 2 heteroatoms. The van der Waals surface area contributed by atoms with Gasteiger partial charge in [0.25, 0.3) is 0 Å². The number of aliphatic hydroxyl groups is 1. The van der Waals surface area contributed by atoms with E-state index in [9.17, 15) is 5.11 Å². The van der Waals surface area contributed by atoms with Crippen molar-refractivity contribution >= 4 is 0 Å². The van der Waals surface area contributed by atoms with Crippen LogP contribution in [0.3, 0.4) is 0 Å². The molecular weight excluding hydrogens is 200 g/mol. The molecular formula is C14H22O2. The first-order valence-electron chi connectivity index (χ1n) is 5.81. The molecule has 0 aliphatic heterocycles. The summed E-state index contributed by atoms with van der Waals surface area (Å²) in [5.74, 6) is 1.38. The number of benzene rings is 1. The molecule has 90 valence electrons. The van der Waals surface area contributed by atoms with Crippen LogP contribution < -0.4 is 4.74 Å². The predicted molar refractivity (Wildman–Crippen MR) is 67.2 cm³/mol. The number of aryl methyl sites for hydroxylation is 1. The number of methoxy groups -OCH3 is 1. The maximum Gasteiger partial charge on any atom is 0.122 e. The molecule has 0 amide bonds. The third-order valence-corrected chi connectivity index (χ3v) is 2.83. The number of hydrogen-bond donors (Lipinski definition) is 1. The summed E-state index contributed by atoms with van der Waals surface area (Å²) in [5.41, 5.74) is 3.60. The van der Waals surface area contributed by atoms with Crippen LogP contribution in [0.15, 0.2) is 12.1 Å². The maximum absolute atomic E-state index is 9.45. The van der Waals surface area contributed by atoms with E-state index in [0.29, 0.717) is 12.3 Å². The summed E-state index contributed by atoms with van der Waals surface area (Å²) < 4.78 is 5.38. The van der Waals surface area contributed by atoms with Crippen molar-refractivity contribution in [3.8, 4) is 5.75 Å². The number of aliphatic hydroxyl groups excluding tert-OH is 1. The fraction of sp³-hybridized carbons (Fsp3) is 0.571. The molecule has 1 N–H and O–H groups in total. The van der Waals surface area contributed by atoms with Crippen LogP contribution in [-0.2, 0) is 6.42 Å². The van der Waals surface area contributed by atoms with Crippen LogP contribution in [0.5, 0.6) is 5.75 Å². The number of ether oxygens (including phenoxy) is 1. The Morgan fingerprint density at radius 3 is 2.31 bits per heavy atom. The average Bonchev–Trinajstić information content (AvgIpc) is 2.19. The Balaban J connectivity index is 3.16. The first kappa shape index (κ1) is 13.0. The fourth-order valence-electron chi connectivity index (χ4n) is 1.91. The third kappa shape index (κ3) is 2.99. The van der Waals surface area contributed by atoms with E-state index < -0.39 is 0 Å². The monoisotopic (exact) mass is 222 g/mol. The van der Waals surface area contributed by atoms with Crippen LogP contribution in [0, 0.1) is 6.92 Å². The molecule has 1 aromatic rings. The van der Waals surface area contributed by atoms with Crippen molar-refractivity contribution in [2.75, 3.05) is 7.11 Å². The predicted octanol–water partition coefficient (Wildman–Crippen LogP) is 3.05.